The standard InChI is InChI=1S/C11H15ClN2O2/c1-15-5-2-6-16-10-7-8(12)3-4-9(10)11(13)14/h3-4,7H,2,5-6H2,1H3,(H3,13,14). The number of halogens is 1. The molecule has 0 saturated heterocycles. The fraction of sp³-hybridized carbons (Fsp3) is 0.364. The summed E-state index contributed by atoms with van der Waals surface area (Å²) in [5.41, 5.74) is 5.99. The molecule has 0 radical (unpaired) electrons. The lowest BCUT2D eigenvalue weighted by Gasteiger charge is -2.10. The first-order chi connectivity index (χ1) is 7.65. The lowest BCUT2D eigenvalue weighted by molar-refractivity contribution is 0.172. The molecule has 3 N–H and O–H groups in total. The molecule has 0 aromatic heterocycles. The Morgan fingerprint density at radius 2 is 2.19 bits per heavy atom. The van der Waals surface area contributed by atoms with Crippen LogP contribution in [0, 0.1) is 5.41 Å². The van der Waals surface area contributed by atoms with Crippen LogP contribution in [0.3, 0.4) is 0 Å². The molecule has 88 valence electrons. The third-order valence-electron chi connectivity index (χ3n) is 1.98. The van der Waals surface area contributed by atoms with E-state index in [9.17, 15) is 0 Å². The van der Waals surface area contributed by atoms with Crippen LogP contribution in [0.5, 0.6) is 5.75 Å². The zero-order valence-corrected chi connectivity index (χ0v) is 9.88. The maximum absolute atomic E-state index is 7.39. The lowest BCUT2D eigenvalue weighted by Crippen LogP contribution is -2.13. The topological polar surface area (TPSA) is 68.3 Å². The molecule has 1 rings (SSSR count). The van der Waals surface area contributed by atoms with E-state index < -0.39 is 0 Å². The van der Waals surface area contributed by atoms with Crippen LogP contribution < -0.4 is 10.5 Å². The van der Waals surface area contributed by atoms with Gasteiger partial charge in [0.2, 0.25) is 0 Å². The average Bonchev–Trinajstić information content (AvgIpc) is 2.24. The lowest BCUT2D eigenvalue weighted by atomic mass is 10.2. The molecule has 5 heteroatoms. The van der Waals surface area contributed by atoms with Crippen LogP contribution in [-0.4, -0.2) is 26.2 Å². The molecule has 1 aromatic rings. The highest BCUT2D eigenvalue weighted by molar-refractivity contribution is 6.30. The Kier molecular flexibility index (Phi) is 5.08. The Bertz CT molecular complexity index is 369. The monoisotopic (exact) mass is 242 g/mol. The van der Waals surface area contributed by atoms with Crippen molar-refractivity contribution in [3.05, 3.63) is 28.8 Å². The van der Waals surface area contributed by atoms with Crippen molar-refractivity contribution < 1.29 is 9.47 Å². The van der Waals surface area contributed by atoms with Crippen molar-refractivity contribution in [1.82, 2.24) is 0 Å². The largest absolute Gasteiger partial charge is 0.493 e. The maximum atomic E-state index is 7.39. The highest BCUT2D eigenvalue weighted by Gasteiger charge is 2.07. The van der Waals surface area contributed by atoms with E-state index in [4.69, 9.17) is 32.2 Å². The molecule has 0 aliphatic carbocycles. The molecule has 0 spiro atoms. The van der Waals surface area contributed by atoms with Crippen LogP contribution in [0.15, 0.2) is 18.2 Å². The van der Waals surface area contributed by atoms with Gasteiger partial charge in [-0.2, -0.15) is 0 Å². The molecule has 0 heterocycles. The Morgan fingerprint density at radius 1 is 1.44 bits per heavy atom. The molecular formula is C11H15ClN2O2. The molecule has 1 aromatic carbocycles. The first-order valence-corrected chi connectivity index (χ1v) is 5.28. The molecule has 0 amide bonds. The predicted molar refractivity (Wildman–Crippen MR) is 64.5 cm³/mol. The van der Waals surface area contributed by atoms with Crippen LogP contribution >= 0.6 is 11.6 Å². The van der Waals surface area contributed by atoms with Gasteiger partial charge in [-0.05, 0) is 18.2 Å². The van der Waals surface area contributed by atoms with Crippen molar-refractivity contribution in [1.29, 1.82) is 5.41 Å². The number of amidine groups is 1. The molecule has 0 fully saturated rings. The normalized spacial score (nSPS) is 10.1. The van der Waals surface area contributed by atoms with Crippen LogP contribution in [0.1, 0.15) is 12.0 Å². The van der Waals surface area contributed by atoms with Gasteiger partial charge in [0.15, 0.2) is 0 Å². The Hall–Kier alpha value is -1.26. The quantitative estimate of drug-likeness (QED) is 0.456. The van der Waals surface area contributed by atoms with E-state index >= 15 is 0 Å². The van der Waals surface area contributed by atoms with Crippen LogP contribution in [0.25, 0.3) is 0 Å². The summed E-state index contributed by atoms with van der Waals surface area (Å²) in [4.78, 5) is 0. The van der Waals surface area contributed by atoms with Gasteiger partial charge in [0, 0.05) is 25.2 Å². The smallest absolute Gasteiger partial charge is 0.131 e. The van der Waals surface area contributed by atoms with Crippen molar-refractivity contribution >= 4 is 17.4 Å². The van der Waals surface area contributed by atoms with E-state index in [-0.39, 0.29) is 5.84 Å². The van der Waals surface area contributed by atoms with Crippen LogP contribution in [0.2, 0.25) is 5.02 Å². The molecule has 0 bridgehead atoms. The maximum Gasteiger partial charge on any atom is 0.131 e. The zero-order valence-electron chi connectivity index (χ0n) is 9.13. The number of nitrogens with two attached hydrogens (primary N) is 1. The summed E-state index contributed by atoms with van der Waals surface area (Å²) < 4.78 is 10.4. The van der Waals surface area contributed by atoms with Gasteiger partial charge in [0.1, 0.15) is 11.6 Å². The third kappa shape index (κ3) is 3.72. The summed E-state index contributed by atoms with van der Waals surface area (Å²) >= 11 is 5.85. The van der Waals surface area contributed by atoms with Gasteiger partial charge in [-0.3, -0.25) is 5.41 Å². The SMILES string of the molecule is COCCCOc1cc(Cl)ccc1C(=N)N. The second-order valence-electron chi connectivity index (χ2n) is 3.25. The van der Waals surface area contributed by atoms with Gasteiger partial charge in [0.05, 0.1) is 12.2 Å². The summed E-state index contributed by atoms with van der Waals surface area (Å²) in [6.07, 6.45) is 0.778. The summed E-state index contributed by atoms with van der Waals surface area (Å²) in [5, 5.41) is 7.96. The minimum atomic E-state index is -0.0293. The Labute approximate surface area is 99.8 Å². The van der Waals surface area contributed by atoms with Gasteiger partial charge in [0.25, 0.3) is 0 Å². The molecule has 4 nitrogen and oxygen atoms in total. The summed E-state index contributed by atoms with van der Waals surface area (Å²) in [6, 6.07) is 5.02. The number of nitrogens with one attached hydrogen (secondary N) is 1. The van der Waals surface area contributed by atoms with Gasteiger partial charge >= 0.3 is 0 Å². The fourth-order valence-corrected chi connectivity index (χ4v) is 1.39. The van der Waals surface area contributed by atoms with E-state index in [0.29, 0.717) is 29.5 Å². The van der Waals surface area contributed by atoms with E-state index in [1.165, 1.54) is 0 Å². The highest BCUT2D eigenvalue weighted by atomic mass is 35.5. The molecular weight excluding hydrogens is 228 g/mol. The van der Waals surface area contributed by atoms with E-state index in [0.717, 1.165) is 6.42 Å². The Balaban J connectivity index is 2.68. The molecule has 0 saturated carbocycles. The molecule has 0 aliphatic rings. The van der Waals surface area contributed by atoms with E-state index in [2.05, 4.69) is 0 Å². The number of hydrogen-bond acceptors (Lipinski definition) is 3. The van der Waals surface area contributed by atoms with E-state index in [1.807, 2.05) is 0 Å². The fourth-order valence-electron chi connectivity index (χ4n) is 1.22. The van der Waals surface area contributed by atoms with Crippen molar-refractivity contribution in [3.8, 4) is 5.75 Å². The summed E-state index contributed by atoms with van der Waals surface area (Å²) in [6.45, 7) is 1.14. The van der Waals surface area contributed by atoms with Gasteiger partial charge in [-0.25, -0.2) is 0 Å². The summed E-state index contributed by atoms with van der Waals surface area (Å²) in [5.74, 6) is 0.509. The van der Waals surface area contributed by atoms with Gasteiger partial charge in [-0.1, -0.05) is 11.6 Å². The number of benzene rings is 1. The number of methoxy groups -OCH3 is 1. The van der Waals surface area contributed by atoms with E-state index in [1.54, 1.807) is 25.3 Å². The number of nitrogen functional groups attached to an aromatic ring is 1. The first-order valence-electron chi connectivity index (χ1n) is 4.91. The average molecular weight is 243 g/mol. The number of rotatable bonds is 6. The minimum Gasteiger partial charge on any atom is -0.493 e. The van der Waals surface area contributed by atoms with Crippen LogP contribution in [-0.2, 0) is 4.74 Å². The molecule has 0 aliphatic heterocycles. The van der Waals surface area contributed by atoms with Crippen molar-refractivity contribution in [3.63, 3.8) is 0 Å². The summed E-state index contributed by atoms with van der Waals surface area (Å²) in [7, 11) is 1.64. The molecule has 0 atom stereocenters. The number of ether oxygens (including phenoxy) is 2. The highest BCUT2D eigenvalue weighted by Crippen LogP contribution is 2.23. The zero-order chi connectivity index (χ0) is 12.0. The van der Waals surface area contributed by atoms with Crippen molar-refractivity contribution in [2.24, 2.45) is 5.73 Å². The van der Waals surface area contributed by atoms with Crippen LogP contribution in [0.4, 0.5) is 0 Å². The van der Waals surface area contributed by atoms with Gasteiger partial charge < -0.3 is 15.2 Å². The second-order valence-corrected chi connectivity index (χ2v) is 3.69. The third-order valence-corrected chi connectivity index (χ3v) is 2.22. The first kappa shape index (κ1) is 12.8. The number of hydrogen-bond donors (Lipinski definition) is 2. The van der Waals surface area contributed by atoms with Gasteiger partial charge in [-0.15, -0.1) is 0 Å². The Morgan fingerprint density at radius 3 is 2.81 bits per heavy atom. The predicted octanol–water partition coefficient (Wildman–Crippen LogP) is 2.04. The minimum absolute atomic E-state index is 0.0293. The molecule has 16 heavy (non-hydrogen) atoms. The second kappa shape index (κ2) is 6.35. The van der Waals surface area contributed by atoms with Crippen molar-refractivity contribution in [2.45, 2.75) is 6.42 Å². The molecule has 0 unspecified atom stereocenters. The van der Waals surface area contributed by atoms with Crippen molar-refractivity contribution in [2.75, 3.05) is 20.3 Å².